The molecule has 28 heavy (non-hydrogen) atoms. The molecule has 0 spiro atoms. The summed E-state index contributed by atoms with van der Waals surface area (Å²) in [6.07, 6.45) is 1.72. The Morgan fingerprint density at radius 3 is 2.86 bits per heavy atom. The highest BCUT2D eigenvalue weighted by Crippen LogP contribution is 2.28. The topological polar surface area (TPSA) is 68.5 Å². The molecule has 4 rings (SSSR count). The molecule has 0 bridgehead atoms. The van der Waals surface area contributed by atoms with Crippen LogP contribution in [0.25, 0.3) is 11.4 Å². The fraction of sp³-hybridized carbons (Fsp3) is 0.286. The van der Waals surface area contributed by atoms with E-state index < -0.39 is 0 Å². The first kappa shape index (κ1) is 18.2. The van der Waals surface area contributed by atoms with E-state index in [1.54, 1.807) is 37.4 Å². The molecule has 0 unspecified atom stereocenters. The first-order valence-corrected chi connectivity index (χ1v) is 9.17. The van der Waals surface area contributed by atoms with Crippen LogP contribution in [0.1, 0.15) is 35.0 Å². The van der Waals surface area contributed by atoms with Crippen molar-refractivity contribution in [2.45, 2.75) is 18.8 Å². The van der Waals surface area contributed by atoms with Crippen molar-refractivity contribution in [2.24, 2.45) is 0 Å². The lowest BCUT2D eigenvalue weighted by molar-refractivity contribution is 0.0695. The summed E-state index contributed by atoms with van der Waals surface area (Å²) < 4.78 is 23.7. The van der Waals surface area contributed by atoms with Gasteiger partial charge in [-0.3, -0.25) is 4.79 Å². The van der Waals surface area contributed by atoms with Gasteiger partial charge in [0, 0.05) is 24.2 Å². The van der Waals surface area contributed by atoms with Crippen LogP contribution in [0.4, 0.5) is 4.39 Å². The Hall–Kier alpha value is -3.22. The van der Waals surface area contributed by atoms with Crippen LogP contribution in [0.3, 0.4) is 0 Å². The molecular formula is C21H20FN3O3. The first-order valence-electron chi connectivity index (χ1n) is 9.17. The monoisotopic (exact) mass is 381 g/mol. The van der Waals surface area contributed by atoms with E-state index in [-0.39, 0.29) is 17.6 Å². The van der Waals surface area contributed by atoms with Crippen LogP contribution in [-0.2, 0) is 0 Å². The summed E-state index contributed by atoms with van der Waals surface area (Å²) in [5.41, 5.74) is 1.29. The van der Waals surface area contributed by atoms with Crippen molar-refractivity contribution in [1.82, 2.24) is 15.0 Å². The molecule has 2 aromatic carbocycles. The van der Waals surface area contributed by atoms with Crippen molar-refractivity contribution in [1.29, 1.82) is 0 Å². The normalized spacial score (nSPS) is 16.8. The molecule has 1 atom stereocenters. The van der Waals surface area contributed by atoms with Gasteiger partial charge in [0.1, 0.15) is 11.6 Å². The van der Waals surface area contributed by atoms with Crippen molar-refractivity contribution >= 4 is 5.91 Å². The largest absolute Gasteiger partial charge is 0.497 e. The Morgan fingerprint density at radius 1 is 1.25 bits per heavy atom. The van der Waals surface area contributed by atoms with Gasteiger partial charge in [-0.2, -0.15) is 4.98 Å². The predicted octanol–water partition coefficient (Wildman–Crippen LogP) is 3.90. The van der Waals surface area contributed by atoms with Gasteiger partial charge in [-0.05, 0) is 55.3 Å². The highest BCUT2D eigenvalue weighted by atomic mass is 19.1. The third-order valence-electron chi connectivity index (χ3n) is 4.92. The Balaban J connectivity index is 1.49. The molecule has 144 valence electrons. The molecule has 1 amide bonds. The SMILES string of the molecule is COc1cccc(C(=O)N2CCC[C@H](c3nc(-c4ccc(F)cc4)no3)C2)c1. The number of likely N-dealkylation sites (tertiary alicyclic amines) is 1. The zero-order chi connectivity index (χ0) is 19.5. The van der Waals surface area contributed by atoms with E-state index in [0.29, 0.717) is 41.7 Å². The highest BCUT2D eigenvalue weighted by molar-refractivity contribution is 5.94. The second-order valence-corrected chi connectivity index (χ2v) is 6.79. The first-order chi connectivity index (χ1) is 13.6. The lowest BCUT2D eigenvalue weighted by Gasteiger charge is -2.31. The predicted molar refractivity (Wildman–Crippen MR) is 101 cm³/mol. The zero-order valence-corrected chi connectivity index (χ0v) is 15.5. The number of amides is 1. The molecule has 0 saturated carbocycles. The summed E-state index contributed by atoms with van der Waals surface area (Å²) in [7, 11) is 1.58. The molecule has 6 nitrogen and oxygen atoms in total. The van der Waals surface area contributed by atoms with E-state index in [1.165, 1.54) is 12.1 Å². The van der Waals surface area contributed by atoms with Crippen LogP contribution < -0.4 is 4.74 Å². The van der Waals surface area contributed by atoms with Crippen LogP contribution in [0.15, 0.2) is 53.1 Å². The molecule has 3 aromatic rings. The number of methoxy groups -OCH3 is 1. The number of aromatic nitrogens is 2. The fourth-order valence-corrected chi connectivity index (χ4v) is 3.42. The van der Waals surface area contributed by atoms with Crippen LogP contribution in [0.2, 0.25) is 0 Å². The number of piperidine rings is 1. The van der Waals surface area contributed by atoms with Gasteiger partial charge in [-0.1, -0.05) is 11.2 Å². The van der Waals surface area contributed by atoms with Crippen molar-refractivity contribution < 1.29 is 18.4 Å². The van der Waals surface area contributed by atoms with Gasteiger partial charge in [0.05, 0.1) is 13.0 Å². The van der Waals surface area contributed by atoms with Gasteiger partial charge in [0.2, 0.25) is 11.7 Å². The third-order valence-corrected chi connectivity index (χ3v) is 4.92. The second-order valence-electron chi connectivity index (χ2n) is 6.79. The van der Waals surface area contributed by atoms with Crippen LogP contribution >= 0.6 is 0 Å². The Morgan fingerprint density at radius 2 is 2.07 bits per heavy atom. The molecule has 0 aliphatic carbocycles. The molecule has 1 fully saturated rings. The lowest BCUT2D eigenvalue weighted by atomic mass is 9.97. The number of rotatable bonds is 4. The van der Waals surface area contributed by atoms with Gasteiger partial charge < -0.3 is 14.2 Å². The Bertz CT molecular complexity index is 971. The number of benzene rings is 2. The van der Waals surface area contributed by atoms with Gasteiger partial charge in [0.15, 0.2) is 0 Å². The minimum absolute atomic E-state index is 0.0231. The summed E-state index contributed by atoms with van der Waals surface area (Å²) in [5, 5.41) is 4.01. The number of halogens is 1. The molecule has 1 aromatic heterocycles. The van der Waals surface area contributed by atoms with E-state index in [1.807, 2.05) is 11.0 Å². The highest BCUT2D eigenvalue weighted by Gasteiger charge is 2.29. The van der Waals surface area contributed by atoms with Crippen molar-refractivity contribution in [2.75, 3.05) is 20.2 Å². The molecule has 7 heteroatoms. The van der Waals surface area contributed by atoms with Crippen LogP contribution in [0.5, 0.6) is 5.75 Å². The Kier molecular flexibility index (Phi) is 5.06. The second kappa shape index (κ2) is 7.80. The van der Waals surface area contributed by atoms with E-state index in [9.17, 15) is 9.18 Å². The molecule has 1 saturated heterocycles. The minimum atomic E-state index is -0.313. The molecule has 1 aliphatic heterocycles. The molecule has 1 aliphatic rings. The Labute approximate surface area is 161 Å². The molecule has 0 N–H and O–H groups in total. The zero-order valence-electron chi connectivity index (χ0n) is 15.5. The van der Waals surface area contributed by atoms with E-state index in [2.05, 4.69) is 10.1 Å². The molecule has 0 radical (unpaired) electrons. The van der Waals surface area contributed by atoms with Crippen molar-refractivity contribution in [3.8, 4) is 17.1 Å². The maximum absolute atomic E-state index is 13.1. The molecular weight excluding hydrogens is 361 g/mol. The summed E-state index contributed by atoms with van der Waals surface area (Å²) >= 11 is 0. The minimum Gasteiger partial charge on any atom is -0.497 e. The number of ether oxygens (including phenoxy) is 1. The van der Waals surface area contributed by atoms with Gasteiger partial charge in [-0.15, -0.1) is 0 Å². The van der Waals surface area contributed by atoms with Gasteiger partial charge >= 0.3 is 0 Å². The lowest BCUT2D eigenvalue weighted by Crippen LogP contribution is -2.39. The van der Waals surface area contributed by atoms with Crippen LogP contribution in [-0.4, -0.2) is 41.1 Å². The number of hydrogen-bond acceptors (Lipinski definition) is 5. The standard InChI is InChI=1S/C21H20FN3O3/c1-27-18-6-2-4-15(12-18)21(26)25-11-3-5-16(13-25)20-23-19(24-28-20)14-7-9-17(22)10-8-14/h2,4,6-10,12,16H,3,5,11,13H2,1H3/t16-/m0/s1. The average molecular weight is 381 g/mol. The third kappa shape index (κ3) is 3.74. The van der Waals surface area contributed by atoms with Crippen molar-refractivity contribution in [3.05, 3.63) is 65.8 Å². The van der Waals surface area contributed by atoms with E-state index in [0.717, 1.165) is 12.8 Å². The maximum Gasteiger partial charge on any atom is 0.254 e. The summed E-state index contributed by atoms with van der Waals surface area (Å²) in [6, 6.07) is 13.1. The number of carbonyl (C=O) groups excluding carboxylic acids is 1. The van der Waals surface area contributed by atoms with E-state index >= 15 is 0 Å². The van der Waals surface area contributed by atoms with Crippen molar-refractivity contribution in [3.63, 3.8) is 0 Å². The summed E-state index contributed by atoms with van der Waals surface area (Å²) in [4.78, 5) is 19.2. The fourth-order valence-electron chi connectivity index (χ4n) is 3.42. The van der Waals surface area contributed by atoms with Crippen LogP contribution in [0, 0.1) is 5.82 Å². The number of hydrogen-bond donors (Lipinski definition) is 0. The summed E-state index contributed by atoms with van der Waals surface area (Å²) in [5.74, 6) is 1.20. The number of nitrogens with zero attached hydrogens (tertiary/aromatic N) is 3. The number of carbonyl (C=O) groups is 1. The molecule has 2 heterocycles. The smallest absolute Gasteiger partial charge is 0.254 e. The van der Waals surface area contributed by atoms with Gasteiger partial charge in [-0.25, -0.2) is 4.39 Å². The average Bonchev–Trinajstić information content (AvgIpc) is 3.24. The maximum atomic E-state index is 13.1. The summed E-state index contributed by atoms with van der Waals surface area (Å²) in [6.45, 7) is 1.20. The van der Waals surface area contributed by atoms with E-state index in [4.69, 9.17) is 9.26 Å². The quantitative estimate of drug-likeness (QED) is 0.686. The van der Waals surface area contributed by atoms with Gasteiger partial charge in [0.25, 0.3) is 5.91 Å².